The maximum atomic E-state index is 13.2. The second-order valence-electron chi connectivity index (χ2n) is 7.52. The van der Waals surface area contributed by atoms with Gasteiger partial charge in [-0.3, -0.25) is 4.57 Å². The summed E-state index contributed by atoms with van der Waals surface area (Å²) in [5, 5.41) is 19.1. The summed E-state index contributed by atoms with van der Waals surface area (Å²) >= 11 is 5.91. The molecule has 2 aromatic carbocycles. The van der Waals surface area contributed by atoms with Crippen LogP contribution >= 0.6 is 11.6 Å². The predicted molar refractivity (Wildman–Crippen MR) is 115 cm³/mol. The highest BCUT2D eigenvalue weighted by Crippen LogP contribution is 2.29. The maximum Gasteiger partial charge on any atom is 0.416 e. The van der Waals surface area contributed by atoms with Gasteiger partial charge in [-0.2, -0.15) is 18.2 Å². The average Bonchev–Trinajstić information content (AvgIpc) is 2.77. The van der Waals surface area contributed by atoms with Gasteiger partial charge in [-0.05, 0) is 29.3 Å². The van der Waals surface area contributed by atoms with Crippen molar-refractivity contribution in [1.82, 2.24) is 14.1 Å². The number of halogens is 4. The van der Waals surface area contributed by atoms with Crippen LogP contribution in [-0.4, -0.2) is 37.5 Å². The fourth-order valence-electron chi connectivity index (χ4n) is 3.26. The van der Waals surface area contributed by atoms with Crippen LogP contribution in [0.15, 0.2) is 58.1 Å². The van der Waals surface area contributed by atoms with Gasteiger partial charge >= 0.3 is 17.6 Å². The van der Waals surface area contributed by atoms with E-state index in [1.54, 1.807) is 24.3 Å². The van der Waals surface area contributed by atoms with Gasteiger partial charge in [-0.15, -0.1) is 0 Å². The van der Waals surface area contributed by atoms with Gasteiger partial charge in [-0.25, -0.2) is 14.2 Å². The number of hydrogen-bond acceptors (Lipinski definition) is 5. The van der Waals surface area contributed by atoms with E-state index in [0.29, 0.717) is 10.6 Å². The molecule has 2 N–H and O–H groups in total. The highest BCUT2D eigenvalue weighted by molar-refractivity contribution is 6.30. The normalized spacial score (nSPS) is 11.8. The largest absolute Gasteiger partial charge is 0.416 e. The smallest absolute Gasteiger partial charge is 0.396 e. The van der Waals surface area contributed by atoms with Crippen LogP contribution in [0.4, 0.5) is 13.2 Å². The molecule has 7 nitrogen and oxygen atoms in total. The van der Waals surface area contributed by atoms with Crippen LogP contribution in [0.3, 0.4) is 0 Å². The van der Waals surface area contributed by atoms with Crippen LogP contribution in [0.2, 0.25) is 5.02 Å². The van der Waals surface area contributed by atoms with Crippen molar-refractivity contribution in [2.24, 2.45) is 5.92 Å². The number of rotatable bonds is 8. The van der Waals surface area contributed by atoms with Gasteiger partial charge in [0.1, 0.15) is 5.82 Å². The molecule has 0 bridgehead atoms. The van der Waals surface area contributed by atoms with Crippen molar-refractivity contribution in [3.8, 4) is 0 Å². The highest BCUT2D eigenvalue weighted by Gasteiger charge is 2.30. The Hall–Kier alpha value is -2.95. The van der Waals surface area contributed by atoms with Gasteiger partial charge in [0, 0.05) is 37.1 Å². The van der Waals surface area contributed by atoms with Crippen LogP contribution in [0, 0.1) is 5.92 Å². The summed E-state index contributed by atoms with van der Waals surface area (Å²) in [6, 6.07) is 11.1. The van der Waals surface area contributed by atoms with Crippen LogP contribution in [0.5, 0.6) is 0 Å². The number of aliphatic hydroxyl groups excluding tert-OH is 2. The molecule has 0 aliphatic carbocycles. The zero-order valence-corrected chi connectivity index (χ0v) is 18.1. The van der Waals surface area contributed by atoms with E-state index in [1.807, 2.05) is 0 Å². The molecule has 0 amide bonds. The quantitative estimate of drug-likeness (QED) is 0.512. The molecule has 3 aromatic rings. The van der Waals surface area contributed by atoms with E-state index in [9.17, 15) is 33.0 Å². The fraction of sp³-hybridized carbons (Fsp3) is 0.318. The Kier molecular flexibility index (Phi) is 7.72. The molecule has 33 heavy (non-hydrogen) atoms. The van der Waals surface area contributed by atoms with Crippen molar-refractivity contribution in [3.63, 3.8) is 0 Å². The molecule has 0 radical (unpaired) electrons. The summed E-state index contributed by atoms with van der Waals surface area (Å²) in [4.78, 5) is 29.7. The summed E-state index contributed by atoms with van der Waals surface area (Å²) in [5.74, 6) is -0.768. The average molecular weight is 484 g/mol. The van der Waals surface area contributed by atoms with Crippen molar-refractivity contribution in [2.45, 2.75) is 25.7 Å². The first-order valence-corrected chi connectivity index (χ1v) is 10.3. The molecule has 0 saturated heterocycles. The SMILES string of the molecule is O=c1nc(Cc2cccc(C(F)(F)F)c2)n(Cc2ccc(Cl)cc2)c(=O)n1CC(CO)CO. The Morgan fingerprint density at radius 3 is 2.24 bits per heavy atom. The Morgan fingerprint density at radius 2 is 1.64 bits per heavy atom. The van der Waals surface area contributed by atoms with Crippen LogP contribution in [0.1, 0.15) is 22.5 Å². The van der Waals surface area contributed by atoms with E-state index < -0.39 is 42.3 Å². The lowest BCUT2D eigenvalue weighted by Gasteiger charge is -2.17. The zero-order chi connectivity index (χ0) is 24.2. The highest BCUT2D eigenvalue weighted by atomic mass is 35.5. The topological polar surface area (TPSA) is 97.4 Å². The van der Waals surface area contributed by atoms with Crippen LogP contribution in [0.25, 0.3) is 0 Å². The summed E-state index contributed by atoms with van der Waals surface area (Å²) in [6.07, 6.45) is -4.73. The molecule has 11 heteroatoms. The molecule has 0 saturated carbocycles. The Balaban J connectivity index is 2.09. The molecular weight excluding hydrogens is 463 g/mol. The summed E-state index contributed by atoms with van der Waals surface area (Å²) in [6.45, 7) is -1.18. The van der Waals surface area contributed by atoms with Crippen molar-refractivity contribution < 1.29 is 23.4 Å². The minimum Gasteiger partial charge on any atom is -0.396 e. The molecule has 1 heterocycles. The van der Waals surface area contributed by atoms with E-state index in [1.165, 1.54) is 16.7 Å². The molecule has 0 spiro atoms. The van der Waals surface area contributed by atoms with E-state index in [-0.39, 0.29) is 30.9 Å². The van der Waals surface area contributed by atoms with E-state index in [0.717, 1.165) is 16.7 Å². The summed E-state index contributed by atoms with van der Waals surface area (Å²) in [7, 11) is 0. The minimum atomic E-state index is -4.54. The fourth-order valence-corrected chi connectivity index (χ4v) is 3.39. The van der Waals surface area contributed by atoms with E-state index in [2.05, 4.69) is 4.98 Å². The lowest BCUT2D eigenvalue weighted by Crippen LogP contribution is -2.45. The standard InChI is InChI=1S/C22H21ClF3N3O4/c23-18-6-4-14(5-7-18)10-28-19(9-15-2-1-3-17(8-15)22(24,25)26)27-20(32)29(21(28)33)11-16(12-30)13-31/h1-8,16,30-31H,9-13H2. The number of aromatic nitrogens is 3. The minimum absolute atomic E-state index is 0.0134. The zero-order valence-electron chi connectivity index (χ0n) is 17.3. The third-order valence-electron chi connectivity index (χ3n) is 5.06. The van der Waals surface area contributed by atoms with Crippen molar-refractivity contribution in [3.05, 3.63) is 97.0 Å². The molecule has 1 aromatic heterocycles. The van der Waals surface area contributed by atoms with E-state index in [4.69, 9.17) is 11.6 Å². The number of benzene rings is 2. The Morgan fingerprint density at radius 1 is 0.970 bits per heavy atom. The Bertz CT molecular complexity index is 1220. The summed E-state index contributed by atoms with van der Waals surface area (Å²) < 4.78 is 41.3. The second kappa shape index (κ2) is 10.3. The van der Waals surface area contributed by atoms with Gasteiger partial charge in [0.2, 0.25) is 0 Å². The molecule has 0 unspecified atom stereocenters. The summed E-state index contributed by atoms with van der Waals surface area (Å²) in [5.41, 5.74) is -1.64. The van der Waals surface area contributed by atoms with Gasteiger partial charge in [0.15, 0.2) is 0 Å². The van der Waals surface area contributed by atoms with Gasteiger partial charge < -0.3 is 10.2 Å². The van der Waals surface area contributed by atoms with E-state index >= 15 is 0 Å². The third-order valence-corrected chi connectivity index (χ3v) is 5.31. The first-order chi connectivity index (χ1) is 15.6. The second-order valence-corrected chi connectivity index (χ2v) is 7.96. The first-order valence-electron chi connectivity index (χ1n) is 9.95. The maximum absolute atomic E-state index is 13.2. The molecule has 0 aliphatic heterocycles. The number of aliphatic hydroxyl groups is 2. The first kappa shape index (κ1) is 24.7. The lowest BCUT2D eigenvalue weighted by molar-refractivity contribution is -0.137. The molecular formula is C22H21ClF3N3O4. The predicted octanol–water partition coefficient (Wildman–Crippen LogP) is 2.32. The number of hydrogen-bond donors (Lipinski definition) is 2. The van der Waals surface area contributed by atoms with Crippen LogP contribution in [-0.2, 0) is 25.7 Å². The third kappa shape index (κ3) is 6.10. The molecule has 176 valence electrons. The number of nitrogens with zero attached hydrogens (tertiary/aromatic N) is 3. The molecule has 0 aliphatic rings. The Labute approximate surface area is 191 Å². The molecule has 3 rings (SSSR count). The monoisotopic (exact) mass is 483 g/mol. The molecule has 0 fully saturated rings. The number of alkyl halides is 3. The van der Waals surface area contributed by atoms with Crippen molar-refractivity contribution >= 4 is 11.6 Å². The van der Waals surface area contributed by atoms with Gasteiger partial charge in [0.05, 0.1) is 12.1 Å². The van der Waals surface area contributed by atoms with Gasteiger partial charge in [0.25, 0.3) is 0 Å². The van der Waals surface area contributed by atoms with Crippen molar-refractivity contribution in [1.29, 1.82) is 0 Å². The van der Waals surface area contributed by atoms with Crippen LogP contribution < -0.4 is 11.4 Å². The van der Waals surface area contributed by atoms with Crippen molar-refractivity contribution in [2.75, 3.05) is 13.2 Å². The van der Waals surface area contributed by atoms with Gasteiger partial charge in [-0.1, -0.05) is 41.9 Å². The molecule has 0 atom stereocenters. The lowest BCUT2D eigenvalue weighted by atomic mass is 10.1.